The Balaban J connectivity index is 1.50. The fraction of sp³-hybridized carbons (Fsp3) is 0.174. The predicted octanol–water partition coefficient (Wildman–Crippen LogP) is 4.33. The van der Waals surface area contributed by atoms with E-state index < -0.39 is 5.60 Å². The summed E-state index contributed by atoms with van der Waals surface area (Å²) >= 11 is 0. The second-order valence-electron chi connectivity index (χ2n) is 8.08. The van der Waals surface area contributed by atoms with Crippen LogP contribution in [0, 0.1) is 0 Å². The van der Waals surface area contributed by atoms with E-state index in [1.165, 1.54) is 0 Å². The standard InChI is InChI=1S/C23H22N6O/c1-23(2,30)12-15-3-5-17(6-4-15)27-21-22-25-9-10-29(22)14-20(28-21)16-11-19-18(26-13-16)7-8-24-19/h3-11,13-14,24,30H,12H2,1-2H3,(H,27,28). The van der Waals surface area contributed by atoms with Crippen molar-refractivity contribution >= 4 is 28.2 Å². The zero-order valence-electron chi connectivity index (χ0n) is 16.8. The molecule has 7 nitrogen and oxygen atoms in total. The molecule has 4 heterocycles. The number of aliphatic hydroxyl groups is 1. The van der Waals surface area contributed by atoms with Gasteiger partial charge >= 0.3 is 0 Å². The van der Waals surface area contributed by atoms with Gasteiger partial charge in [-0.1, -0.05) is 12.1 Å². The topological polar surface area (TPSA) is 91.1 Å². The molecule has 5 rings (SSSR count). The van der Waals surface area contributed by atoms with Gasteiger partial charge in [-0.25, -0.2) is 9.97 Å². The van der Waals surface area contributed by atoms with Gasteiger partial charge in [0.05, 0.1) is 22.3 Å². The average molecular weight is 398 g/mol. The highest BCUT2D eigenvalue weighted by atomic mass is 16.3. The van der Waals surface area contributed by atoms with Crippen molar-refractivity contribution in [2.24, 2.45) is 0 Å². The first-order chi connectivity index (χ1) is 14.4. The highest BCUT2D eigenvalue weighted by Gasteiger charge is 2.14. The maximum absolute atomic E-state index is 10.0. The maximum Gasteiger partial charge on any atom is 0.180 e. The Hall–Kier alpha value is -3.71. The number of nitrogens with zero attached hydrogens (tertiary/aromatic N) is 4. The van der Waals surface area contributed by atoms with Gasteiger partial charge in [0.15, 0.2) is 11.5 Å². The van der Waals surface area contributed by atoms with Crippen LogP contribution in [0.15, 0.2) is 67.4 Å². The predicted molar refractivity (Wildman–Crippen MR) is 118 cm³/mol. The largest absolute Gasteiger partial charge is 0.390 e. The molecule has 5 aromatic rings. The number of anilines is 2. The van der Waals surface area contributed by atoms with Gasteiger partial charge in [-0.3, -0.25) is 4.98 Å². The maximum atomic E-state index is 10.0. The van der Waals surface area contributed by atoms with Crippen LogP contribution in [-0.2, 0) is 6.42 Å². The second-order valence-corrected chi connectivity index (χ2v) is 8.08. The molecule has 0 radical (unpaired) electrons. The van der Waals surface area contributed by atoms with Crippen molar-refractivity contribution in [3.05, 3.63) is 72.9 Å². The van der Waals surface area contributed by atoms with E-state index in [2.05, 4.69) is 20.3 Å². The monoisotopic (exact) mass is 398 g/mol. The zero-order chi connectivity index (χ0) is 20.7. The summed E-state index contributed by atoms with van der Waals surface area (Å²) < 4.78 is 1.95. The molecule has 30 heavy (non-hydrogen) atoms. The van der Waals surface area contributed by atoms with E-state index in [1.54, 1.807) is 6.20 Å². The third-order valence-corrected chi connectivity index (χ3v) is 4.92. The molecule has 0 aliphatic heterocycles. The number of nitrogens with one attached hydrogen (secondary N) is 2. The van der Waals surface area contributed by atoms with Crippen LogP contribution in [0.25, 0.3) is 27.9 Å². The van der Waals surface area contributed by atoms with E-state index in [0.29, 0.717) is 12.2 Å². The van der Waals surface area contributed by atoms with Gasteiger partial charge in [-0.2, -0.15) is 0 Å². The number of aromatic nitrogens is 5. The van der Waals surface area contributed by atoms with E-state index in [4.69, 9.17) is 4.98 Å². The molecule has 0 unspecified atom stereocenters. The minimum atomic E-state index is -0.735. The number of H-pyrrole nitrogens is 1. The van der Waals surface area contributed by atoms with Crippen molar-refractivity contribution in [1.29, 1.82) is 0 Å². The molecule has 0 saturated carbocycles. The molecule has 0 saturated heterocycles. The lowest BCUT2D eigenvalue weighted by Gasteiger charge is -2.17. The molecule has 3 N–H and O–H groups in total. The van der Waals surface area contributed by atoms with Crippen LogP contribution in [0.4, 0.5) is 11.5 Å². The van der Waals surface area contributed by atoms with Crippen molar-refractivity contribution in [2.45, 2.75) is 25.9 Å². The van der Waals surface area contributed by atoms with E-state index >= 15 is 0 Å². The second kappa shape index (κ2) is 6.96. The number of hydrogen-bond acceptors (Lipinski definition) is 5. The molecule has 7 heteroatoms. The quantitative estimate of drug-likeness (QED) is 0.410. The fourth-order valence-corrected chi connectivity index (χ4v) is 3.57. The smallest absolute Gasteiger partial charge is 0.180 e. The van der Waals surface area contributed by atoms with Crippen LogP contribution in [0.3, 0.4) is 0 Å². The highest BCUT2D eigenvalue weighted by Crippen LogP contribution is 2.26. The Kier molecular flexibility index (Phi) is 4.25. The van der Waals surface area contributed by atoms with Gasteiger partial charge in [0, 0.05) is 48.7 Å². The summed E-state index contributed by atoms with van der Waals surface area (Å²) in [5.74, 6) is 0.666. The third kappa shape index (κ3) is 3.62. The number of rotatable bonds is 5. The number of fused-ring (bicyclic) bond motifs is 2. The molecule has 0 atom stereocenters. The van der Waals surface area contributed by atoms with Crippen LogP contribution in [-0.4, -0.2) is 35.0 Å². The van der Waals surface area contributed by atoms with Gasteiger partial charge in [0.2, 0.25) is 0 Å². The summed E-state index contributed by atoms with van der Waals surface area (Å²) in [4.78, 5) is 17.0. The Labute approximate surface area is 173 Å². The molecule has 0 bridgehead atoms. The van der Waals surface area contributed by atoms with Gasteiger partial charge in [0.25, 0.3) is 0 Å². The molecule has 1 aromatic carbocycles. The van der Waals surface area contributed by atoms with E-state index in [0.717, 1.165) is 39.2 Å². The van der Waals surface area contributed by atoms with Crippen molar-refractivity contribution < 1.29 is 5.11 Å². The summed E-state index contributed by atoms with van der Waals surface area (Å²) in [6, 6.07) is 12.0. The van der Waals surface area contributed by atoms with Crippen LogP contribution < -0.4 is 5.32 Å². The molecule has 0 aliphatic rings. The SMILES string of the molecule is CC(C)(O)Cc1ccc(Nc2nc(-c3cnc4cc[nH]c4c3)cn3ccnc23)cc1. The first-order valence-electron chi connectivity index (χ1n) is 9.80. The summed E-state index contributed by atoms with van der Waals surface area (Å²) in [5.41, 5.74) is 5.60. The summed E-state index contributed by atoms with van der Waals surface area (Å²) in [5, 5.41) is 13.4. The lowest BCUT2D eigenvalue weighted by molar-refractivity contribution is 0.0810. The highest BCUT2D eigenvalue weighted by molar-refractivity contribution is 5.81. The van der Waals surface area contributed by atoms with Gasteiger partial charge in [0.1, 0.15) is 0 Å². The van der Waals surface area contributed by atoms with Crippen molar-refractivity contribution in [3.8, 4) is 11.3 Å². The van der Waals surface area contributed by atoms with Crippen LogP contribution >= 0.6 is 0 Å². The molecular weight excluding hydrogens is 376 g/mol. The van der Waals surface area contributed by atoms with E-state index in [-0.39, 0.29) is 0 Å². The summed E-state index contributed by atoms with van der Waals surface area (Å²) in [6.45, 7) is 3.62. The molecule has 0 aliphatic carbocycles. The normalized spacial score (nSPS) is 12.0. The molecular formula is C23H22N6O. The minimum Gasteiger partial charge on any atom is -0.390 e. The average Bonchev–Trinajstić information content (AvgIpc) is 3.36. The Morgan fingerprint density at radius 3 is 2.77 bits per heavy atom. The number of benzene rings is 1. The van der Waals surface area contributed by atoms with Crippen molar-refractivity contribution in [1.82, 2.24) is 24.3 Å². The molecule has 0 fully saturated rings. The molecule has 150 valence electrons. The van der Waals surface area contributed by atoms with E-state index in [9.17, 15) is 5.11 Å². The van der Waals surface area contributed by atoms with Crippen molar-refractivity contribution in [3.63, 3.8) is 0 Å². The Morgan fingerprint density at radius 1 is 1.13 bits per heavy atom. The lowest BCUT2D eigenvalue weighted by atomic mass is 9.99. The van der Waals surface area contributed by atoms with Crippen LogP contribution in [0.1, 0.15) is 19.4 Å². The number of imidazole rings is 1. The van der Waals surface area contributed by atoms with Crippen molar-refractivity contribution in [2.75, 3.05) is 5.32 Å². The molecule has 0 amide bonds. The number of pyridine rings is 1. The first-order valence-corrected chi connectivity index (χ1v) is 9.80. The number of aromatic amines is 1. The van der Waals surface area contributed by atoms with Gasteiger partial charge in [-0.05, 0) is 43.7 Å². The van der Waals surface area contributed by atoms with Crippen LogP contribution in [0.5, 0.6) is 0 Å². The molecule has 0 spiro atoms. The summed E-state index contributed by atoms with van der Waals surface area (Å²) in [7, 11) is 0. The van der Waals surface area contributed by atoms with Gasteiger partial charge < -0.3 is 19.8 Å². The third-order valence-electron chi connectivity index (χ3n) is 4.92. The lowest BCUT2D eigenvalue weighted by Crippen LogP contribution is -2.21. The Bertz CT molecular complexity index is 1330. The zero-order valence-corrected chi connectivity index (χ0v) is 16.8. The summed E-state index contributed by atoms with van der Waals surface area (Å²) in [6.07, 6.45) is 9.91. The molecule has 4 aromatic heterocycles. The van der Waals surface area contributed by atoms with E-state index in [1.807, 2.05) is 79.4 Å². The number of hydrogen-bond donors (Lipinski definition) is 3. The Morgan fingerprint density at radius 2 is 1.97 bits per heavy atom. The first kappa shape index (κ1) is 18.3. The fourth-order valence-electron chi connectivity index (χ4n) is 3.57. The van der Waals surface area contributed by atoms with Crippen LogP contribution in [0.2, 0.25) is 0 Å². The van der Waals surface area contributed by atoms with Gasteiger partial charge in [-0.15, -0.1) is 0 Å². The minimum absolute atomic E-state index is 0.597.